The minimum absolute atomic E-state index is 0. The Morgan fingerprint density at radius 3 is 2.65 bits per heavy atom. The quantitative estimate of drug-likeness (QED) is 0.681. The van der Waals surface area contributed by atoms with Crippen molar-refractivity contribution >= 4 is 24.8 Å². The molecule has 3 aromatic rings. The van der Waals surface area contributed by atoms with Gasteiger partial charge in [0.05, 0.1) is 25.3 Å². The van der Waals surface area contributed by atoms with E-state index in [-0.39, 0.29) is 43.2 Å². The number of rotatable bonds is 6. The molecular weight excluding hydrogens is 382 g/mol. The fourth-order valence-electron chi connectivity index (χ4n) is 2.71. The van der Waals surface area contributed by atoms with Crippen LogP contribution in [-0.4, -0.2) is 31.9 Å². The highest BCUT2D eigenvalue weighted by Crippen LogP contribution is 2.28. The average Bonchev–Trinajstić information content (AvgIpc) is 3.17. The molecule has 0 saturated heterocycles. The van der Waals surface area contributed by atoms with Crippen LogP contribution in [0.1, 0.15) is 28.9 Å². The molecule has 1 unspecified atom stereocenters. The van der Waals surface area contributed by atoms with Crippen molar-refractivity contribution in [1.82, 2.24) is 24.8 Å². The molecule has 0 aliphatic heterocycles. The van der Waals surface area contributed by atoms with Gasteiger partial charge in [0, 0.05) is 18.8 Å². The Morgan fingerprint density at radius 1 is 1.31 bits per heavy atom. The Labute approximate surface area is 163 Å². The summed E-state index contributed by atoms with van der Waals surface area (Å²) in [5.41, 5.74) is 7.27. The molecule has 2 aromatic heterocycles. The molecule has 3 rings (SSSR count). The fourth-order valence-corrected chi connectivity index (χ4v) is 2.71. The smallest absolute Gasteiger partial charge is 0.240 e. The number of aryl methyl sites for hydroxylation is 1. The van der Waals surface area contributed by atoms with E-state index < -0.39 is 0 Å². The zero-order valence-electron chi connectivity index (χ0n) is 14.4. The van der Waals surface area contributed by atoms with Gasteiger partial charge in [-0.3, -0.25) is 9.58 Å². The molecule has 142 valence electrons. The zero-order valence-corrected chi connectivity index (χ0v) is 16.0. The van der Waals surface area contributed by atoms with Crippen molar-refractivity contribution in [2.75, 3.05) is 7.05 Å². The first-order valence-corrected chi connectivity index (χ1v) is 7.52. The Kier molecular flexibility index (Phi) is 8.16. The highest BCUT2D eigenvalue weighted by molar-refractivity contribution is 5.85. The van der Waals surface area contributed by atoms with Gasteiger partial charge in [-0.25, -0.2) is 4.39 Å². The summed E-state index contributed by atoms with van der Waals surface area (Å²) < 4.78 is 20.5. The molecule has 10 heteroatoms. The third-order valence-electron chi connectivity index (χ3n) is 3.72. The first kappa shape index (κ1) is 22.0. The molecule has 0 aliphatic carbocycles. The summed E-state index contributed by atoms with van der Waals surface area (Å²) in [7, 11) is 3.76. The second-order valence-electron chi connectivity index (χ2n) is 5.63. The van der Waals surface area contributed by atoms with Gasteiger partial charge in [-0.1, -0.05) is 17.3 Å². The van der Waals surface area contributed by atoms with Crippen LogP contribution in [-0.2, 0) is 20.1 Å². The van der Waals surface area contributed by atoms with Crippen molar-refractivity contribution < 1.29 is 8.91 Å². The van der Waals surface area contributed by atoms with Gasteiger partial charge < -0.3 is 10.3 Å². The van der Waals surface area contributed by atoms with Crippen LogP contribution in [0.25, 0.3) is 0 Å². The summed E-state index contributed by atoms with van der Waals surface area (Å²) in [6.07, 6.45) is 3.68. The second kappa shape index (κ2) is 9.63. The van der Waals surface area contributed by atoms with Crippen molar-refractivity contribution in [2.45, 2.75) is 19.1 Å². The minimum Gasteiger partial charge on any atom is -0.338 e. The lowest BCUT2D eigenvalue weighted by Crippen LogP contribution is -2.25. The molecule has 2 heterocycles. The summed E-state index contributed by atoms with van der Waals surface area (Å²) >= 11 is 0. The average molecular weight is 403 g/mol. The maximum Gasteiger partial charge on any atom is 0.240 e. The molecule has 0 radical (unpaired) electrons. The molecule has 26 heavy (non-hydrogen) atoms. The maximum atomic E-state index is 13.7. The van der Waals surface area contributed by atoms with E-state index in [0.29, 0.717) is 18.3 Å². The molecule has 7 nitrogen and oxygen atoms in total. The van der Waals surface area contributed by atoms with E-state index in [1.54, 1.807) is 16.9 Å². The maximum absolute atomic E-state index is 13.7. The fraction of sp³-hybridized carbons (Fsp3) is 0.312. The lowest BCUT2D eigenvalue weighted by atomic mass is 10.00. The van der Waals surface area contributed by atoms with Crippen molar-refractivity contribution in [2.24, 2.45) is 12.8 Å². The summed E-state index contributed by atoms with van der Waals surface area (Å²) in [6.45, 7) is 0.631. The predicted octanol–water partition coefficient (Wildman–Crippen LogP) is 2.47. The van der Waals surface area contributed by atoms with Gasteiger partial charge in [-0.2, -0.15) is 10.1 Å². The van der Waals surface area contributed by atoms with E-state index in [0.717, 1.165) is 11.1 Å². The van der Waals surface area contributed by atoms with Crippen molar-refractivity contribution in [1.29, 1.82) is 0 Å². The van der Waals surface area contributed by atoms with Gasteiger partial charge in [0.2, 0.25) is 5.89 Å². The SMILES string of the molecule is CN(Cc1noc(CN)n1)C(c1cccc(F)c1)c1cnn(C)c1.Cl.Cl. The predicted molar refractivity (Wildman–Crippen MR) is 99.6 cm³/mol. The number of benzene rings is 1. The molecule has 0 bridgehead atoms. The summed E-state index contributed by atoms with van der Waals surface area (Å²) in [5, 5.41) is 8.14. The number of nitrogens with two attached hydrogens (primary N) is 1. The third kappa shape index (κ3) is 5.01. The van der Waals surface area contributed by atoms with E-state index in [2.05, 4.69) is 15.2 Å². The Balaban J connectivity index is 0.00000169. The lowest BCUT2D eigenvalue weighted by molar-refractivity contribution is 0.257. The first-order chi connectivity index (χ1) is 11.6. The molecule has 0 spiro atoms. The van der Waals surface area contributed by atoms with Crippen LogP contribution in [0.15, 0.2) is 41.2 Å². The zero-order chi connectivity index (χ0) is 17.1. The van der Waals surface area contributed by atoms with Gasteiger partial charge in [-0.05, 0) is 24.7 Å². The first-order valence-electron chi connectivity index (χ1n) is 7.52. The van der Waals surface area contributed by atoms with Crippen LogP contribution < -0.4 is 5.73 Å². The van der Waals surface area contributed by atoms with Crippen LogP contribution in [0.4, 0.5) is 4.39 Å². The molecule has 1 atom stereocenters. The van der Waals surface area contributed by atoms with Crippen molar-refractivity contribution in [3.63, 3.8) is 0 Å². The van der Waals surface area contributed by atoms with Crippen LogP contribution in [0.5, 0.6) is 0 Å². The Hall–Kier alpha value is -2.00. The van der Waals surface area contributed by atoms with Crippen LogP contribution in [0, 0.1) is 5.82 Å². The van der Waals surface area contributed by atoms with Gasteiger partial charge in [0.25, 0.3) is 0 Å². The Bertz CT molecular complexity index is 824. The largest absolute Gasteiger partial charge is 0.338 e. The standard InChI is InChI=1S/C16H19FN6O.2ClH/c1-22(10-14-20-15(7-18)24-21-14)16(12-8-19-23(2)9-12)11-4-3-5-13(17)6-11;;/h3-6,8-9,16H,7,10,18H2,1-2H3;2*1H. The normalized spacial score (nSPS) is 11.7. The summed E-state index contributed by atoms with van der Waals surface area (Å²) in [4.78, 5) is 6.23. The van der Waals surface area contributed by atoms with Gasteiger partial charge in [-0.15, -0.1) is 24.8 Å². The minimum atomic E-state index is -0.278. The highest BCUT2D eigenvalue weighted by atomic mass is 35.5. The summed E-state index contributed by atoms with van der Waals surface area (Å²) in [6, 6.07) is 6.35. The molecule has 1 aromatic carbocycles. The van der Waals surface area contributed by atoms with E-state index in [1.165, 1.54) is 12.1 Å². The van der Waals surface area contributed by atoms with E-state index >= 15 is 0 Å². The lowest BCUT2D eigenvalue weighted by Gasteiger charge is -2.26. The molecule has 2 N–H and O–H groups in total. The van der Waals surface area contributed by atoms with Crippen molar-refractivity contribution in [3.05, 3.63) is 65.3 Å². The molecule has 0 saturated carbocycles. The van der Waals surface area contributed by atoms with E-state index in [1.807, 2.05) is 31.3 Å². The summed E-state index contributed by atoms with van der Waals surface area (Å²) in [5.74, 6) is 0.644. The van der Waals surface area contributed by atoms with Crippen LogP contribution >= 0.6 is 24.8 Å². The van der Waals surface area contributed by atoms with Gasteiger partial charge >= 0.3 is 0 Å². The number of hydrogen-bond acceptors (Lipinski definition) is 6. The van der Waals surface area contributed by atoms with Crippen molar-refractivity contribution in [3.8, 4) is 0 Å². The van der Waals surface area contributed by atoms with Gasteiger partial charge in [0.1, 0.15) is 5.82 Å². The van der Waals surface area contributed by atoms with Crippen LogP contribution in [0.3, 0.4) is 0 Å². The van der Waals surface area contributed by atoms with Gasteiger partial charge in [0.15, 0.2) is 5.82 Å². The molecule has 0 aliphatic rings. The van der Waals surface area contributed by atoms with E-state index in [9.17, 15) is 4.39 Å². The molecular formula is C16H21Cl2FN6O. The molecule has 0 fully saturated rings. The topological polar surface area (TPSA) is 86.0 Å². The number of hydrogen-bond donors (Lipinski definition) is 1. The monoisotopic (exact) mass is 402 g/mol. The highest BCUT2D eigenvalue weighted by Gasteiger charge is 2.23. The van der Waals surface area contributed by atoms with E-state index in [4.69, 9.17) is 10.3 Å². The molecule has 0 amide bonds. The Morgan fingerprint density at radius 2 is 2.08 bits per heavy atom. The second-order valence-corrected chi connectivity index (χ2v) is 5.63. The number of nitrogens with zero attached hydrogens (tertiary/aromatic N) is 5. The number of aromatic nitrogens is 4. The number of halogens is 3. The third-order valence-corrected chi connectivity index (χ3v) is 3.72. The van der Waals surface area contributed by atoms with Crippen LogP contribution in [0.2, 0.25) is 0 Å².